The third-order valence-electron chi connectivity index (χ3n) is 5.26. The van der Waals surface area contributed by atoms with Crippen LogP contribution in [0.15, 0.2) is 54.7 Å². The fourth-order valence-electron chi connectivity index (χ4n) is 3.55. The van der Waals surface area contributed by atoms with Gasteiger partial charge in [-0.3, -0.25) is 0 Å². The molecule has 0 unspecified atom stereocenters. The van der Waals surface area contributed by atoms with Gasteiger partial charge >= 0.3 is 0 Å². The van der Waals surface area contributed by atoms with E-state index >= 15 is 0 Å². The molecular weight excluding hydrogens is 364 g/mol. The smallest absolute Gasteiger partial charge is 0.247 e. The van der Waals surface area contributed by atoms with Crippen LogP contribution in [0.3, 0.4) is 0 Å². The van der Waals surface area contributed by atoms with Crippen molar-refractivity contribution in [1.82, 2.24) is 15.2 Å². The van der Waals surface area contributed by atoms with E-state index in [9.17, 15) is 0 Å². The van der Waals surface area contributed by atoms with Crippen molar-refractivity contribution in [3.05, 3.63) is 65.9 Å². The lowest BCUT2D eigenvalue weighted by Crippen LogP contribution is -2.47. The summed E-state index contributed by atoms with van der Waals surface area (Å²) in [6.07, 6.45) is 1.67. The summed E-state index contributed by atoms with van der Waals surface area (Å²) in [5.74, 6) is 2.31. The Bertz CT molecular complexity index is 955. The maximum Gasteiger partial charge on any atom is 0.247 e. The van der Waals surface area contributed by atoms with E-state index in [2.05, 4.69) is 61.5 Å². The fraction of sp³-hybridized carbons (Fsp3) is 0.318. The van der Waals surface area contributed by atoms with Crippen LogP contribution in [0, 0.1) is 6.92 Å². The van der Waals surface area contributed by atoms with Gasteiger partial charge in [0.2, 0.25) is 5.95 Å². The third kappa shape index (κ3) is 4.39. The molecule has 150 valence electrons. The maximum atomic E-state index is 5.50. The topological polar surface area (TPSA) is 66.4 Å². The van der Waals surface area contributed by atoms with Gasteiger partial charge in [0.1, 0.15) is 5.75 Å². The normalized spacial score (nSPS) is 14.0. The Labute approximate surface area is 171 Å². The van der Waals surface area contributed by atoms with Gasteiger partial charge in [-0.15, -0.1) is 5.10 Å². The molecule has 1 aromatic heterocycles. The van der Waals surface area contributed by atoms with Crippen LogP contribution in [0.1, 0.15) is 11.1 Å². The second-order valence-corrected chi connectivity index (χ2v) is 7.07. The molecule has 0 spiro atoms. The molecule has 0 amide bonds. The molecule has 7 heteroatoms. The van der Waals surface area contributed by atoms with Crippen LogP contribution in [0.5, 0.6) is 5.75 Å². The summed E-state index contributed by atoms with van der Waals surface area (Å²) in [6, 6.07) is 16.5. The molecule has 0 saturated carbocycles. The first-order valence-electron chi connectivity index (χ1n) is 9.85. The van der Waals surface area contributed by atoms with E-state index in [1.165, 1.54) is 11.1 Å². The van der Waals surface area contributed by atoms with Crippen LogP contribution in [0.25, 0.3) is 0 Å². The number of methoxy groups -OCH3 is 1. The summed E-state index contributed by atoms with van der Waals surface area (Å²) in [4.78, 5) is 9.19. The van der Waals surface area contributed by atoms with Crippen LogP contribution in [-0.4, -0.2) is 48.5 Å². The van der Waals surface area contributed by atoms with Crippen LogP contribution in [0.2, 0.25) is 0 Å². The lowest BCUT2D eigenvalue weighted by Gasteiger charge is -2.36. The largest absolute Gasteiger partial charge is 0.495 e. The molecule has 1 saturated heterocycles. The molecule has 1 aliphatic rings. The Morgan fingerprint density at radius 2 is 1.69 bits per heavy atom. The maximum absolute atomic E-state index is 5.50. The standard InChI is InChI=1S/C22H26N6O/c1-17-7-3-4-8-18(17)15-23-21-16-24-26-22(25-21)28-13-11-27(12-14-28)19-9-5-6-10-20(19)29-2/h3-10,16H,11-15H2,1-2H3,(H,23,25,26). The molecule has 1 N–H and O–H groups in total. The predicted molar refractivity (Wildman–Crippen MR) is 116 cm³/mol. The van der Waals surface area contributed by atoms with E-state index in [0.717, 1.165) is 43.4 Å². The fourth-order valence-corrected chi connectivity index (χ4v) is 3.55. The second kappa shape index (κ2) is 8.77. The lowest BCUT2D eigenvalue weighted by molar-refractivity contribution is 0.413. The summed E-state index contributed by atoms with van der Waals surface area (Å²) in [5, 5.41) is 11.8. The quantitative estimate of drug-likeness (QED) is 0.694. The molecule has 3 aromatic rings. The van der Waals surface area contributed by atoms with E-state index < -0.39 is 0 Å². The zero-order chi connectivity index (χ0) is 20.1. The van der Waals surface area contributed by atoms with E-state index in [4.69, 9.17) is 4.74 Å². The van der Waals surface area contributed by atoms with Crippen molar-refractivity contribution in [3.63, 3.8) is 0 Å². The molecule has 0 atom stereocenters. The summed E-state index contributed by atoms with van der Waals surface area (Å²) >= 11 is 0. The molecule has 2 heterocycles. The van der Waals surface area contributed by atoms with Crippen LogP contribution >= 0.6 is 0 Å². The number of para-hydroxylation sites is 2. The van der Waals surface area contributed by atoms with E-state index in [-0.39, 0.29) is 0 Å². The zero-order valence-corrected chi connectivity index (χ0v) is 16.9. The number of anilines is 3. The Kier molecular flexibility index (Phi) is 5.74. The van der Waals surface area contributed by atoms with Crippen molar-refractivity contribution in [2.75, 3.05) is 48.4 Å². The molecular formula is C22H26N6O. The number of ether oxygens (including phenoxy) is 1. The first-order valence-corrected chi connectivity index (χ1v) is 9.85. The van der Waals surface area contributed by atoms with Crippen molar-refractivity contribution in [2.24, 2.45) is 0 Å². The SMILES string of the molecule is COc1ccccc1N1CCN(c2nncc(NCc3ccccc3C)n2)CC1. The molecule has 0 radical (unpaired) electrons. The number of piperazine rings is 1. The number of aryl methyl sites for hydroxylation is 1. The number of aromatic nitrogens is 3. The van der Waals surface area contributed by atoms with Crippen LogP contribution < -0.4 is 19.9 Å². The van der Waals surface area contributed by atoms with Crippen LogP contribution in [0.4, 0.5) is 17.5 Å². The first kappa shape index (κ1) is 19.0. The third-order valence-corrected chi connectivity index (χ3v) is 5.26. The van der Waals surface area contributed by atoms with Gasteiger partial charge in [-0.1, -0.05) is 36.4 Å². The number of nitrogens with one attached hydrogen (secondary N) is 1. The first-order chi connectivity index (χ1) is 14.2. The van der Waals surface area contributed by atoms with Gasteiger partial charge in [-0.2, -0.15) is 10.1 Å². The number of hydrogen-bond acceptors (Lipinski definition) is 7. The van der Waals surface area contributed by atoms with Gasteiger partial charge in [-0.05, 0) is 30.2 Å². The van der Waals surface area contributed by atoms with Crippen molar-refractivity contribution < 1.29 is 4.74 Å². The Balaban J connectivity index is 1.39. The van der Waals surface area contributed by atoms with Gasteiger partial charge in [0.05, 0.1) is 19.0 Å². The highest BCUT2D eigenvalue weighted by Gasteiger charge is 2.21. The molecule has 1 fully saturated rings. The number of nitrogens with zero attached hydrogens (tertiary/aromatic N) is 5. The van der Waals surface area contributed by atoms with Gasteiger partial charge in [0.15, 0.2) is 5.82 Å². The highest BCUT2D eigenvalue weighted by molar-refractivity contribution is 5.59. The minimum atomic E-state index is 0.666. The van der Waals surface area contributed by atoms with Crippen molar-refractivity contribution >= 4 is 17.5 Å². The number of rotatable bonds is 6. The van der Waals surface area contributed by atoms with E-state index in [1.54, 1.807) is 13.3 Å². The average Bonchev–Trinajstić information content (AvgIpc) is 2.79. The molecule has 2 aromatic carbocycles. The van der Waals surface area contributed by atoms with Crippen LogP contribution in [-0.2, 0) is 6.54 Å². The number of hydrogen-bond donors (Lipinski definition) is 1. The molecule has 29 heavy (non-hydrogen) atoms. The van der Waals surface area contributed by atoms with Crippen molar-refractivity contribution in [3.8, 4) is 5.75 Å². The van der Waals surface area contributed by atoms with E-state index in [0.29, 0.717) is 12.5 Å². The van der Waals surface area contributed by atoms with Crippen molar-refractivity contribution in [2.45, 2.75) is 13.5 Å². The van der Waals surface area contributed by atoms with E-state index in [1.807, 2.05) is 24.3 Å². The molecule has 0 aliphatic carbocycles. The van der Waals surface area contributed by atoms with Gasteiger partial charge in [-0.25, -0.2) is 0 Å². The Morgan fingerprint density at radius 1 is 0.966 bits per heavy atom. The summed E-state index contributed by atoms with van der Waals surface area (Å²) in [5.41, 5.74) is 3.63. The highest BCUT2D eigenvalue weighted by Crippen LogP contribution is 2.28. The molecule has 1 aliphatic heterocycles. The summed E-state index contributed by atoms with van der Waals surface area (Å²) in [6.45, 7) is 6.26. The molecule has 0 bridgehead atoms. The van der Waals surface area contributed by atoms with Gasteiger partial charge in [0.25, 0.3) is 0 Å². The number of benzene rings is 2. The highest BCUT2D eigenvalue weighted by atomic mass is 16.5. The monoisotopic (exact) mass is 390 g/mol. The Morgan fingerprint density at radius 3 is 2.48 bits per heavy atom. The average molecular weight is 390 g/mol. The zero-order valence-electron chi connectivity index (χ0n) is 16.9. The Hall–Kier alpha value is -3.35. The minimum Gasteiger partial charge on any atom is -0.495 e. The van der Waals surface area contributed by atoms with Crippen molar-refractivity contribution in [1.29, 1.82) is 0 Å². The summed E-state index contributed by atoms with van der Waals surface area (Å²) < 4.78 is 5.50. The predicted octanol–water partition coefficient (Wildman–Crippen LogP) is 3.13. The minimum absolute atomic E-state index is 0.666. The van der Waals surface area contributed by atoms with Gasteiger partial charge in [0, 0.05) is 32.7 Å². The van der Waals surface area contributed by atoms with Gasteiger partial charge < -0.3 is 19.9 Å². The molecule has 7 nitrogen and oxygen atoms in total. The summed E-state index contributed by atoms with van der Waals surface area (Å²) in [7, 11) is 1.71. The lowest BCUT2D eigenvalue weighted by atomic mass is 10.1. The second-order valence-electron chi connectivity index (χ2n) is 7.07. The molecule has 4 rings (SSSR count).